The van der Waals surface area contributed by atoms with Crippen molar-refractivity contribution < 1.29 is 4.79 Å². The maximum absolute atomic E-state index is 13.0. The highest BCUT2D eigenvalue weighted by Gasteiger charge is 2.30. The Hall–Kier alpha value is -3.22. The Balaban J connectivity index is 1.36. The quantitative estimate of drug-likeness (QED) is 0.647. The molecule has 172 valence electrons. The minimum Gasteiger partial charge on any atom is -0.356 e. The SMILES string of the molecule is Cc1nc([C@@H]2CCCN(C(=O)c3cn[nH]c3C)C2)nc2c1CCCN2CCc1ccccc1. The summed E-state index contributed by atoms with van der Waals surface area (Å²) in [5, 5.41) is 6.89. The molecule has 2 aliphatic rings. The molecule has 2 aromatic heterocycles. The van der Waals surface area contributed by atoms with E-state index in [1.807, 2.05) is 11.8 Å². The van der Waals surface area contributed by atoms with E-state index in [-0.39, 0.29) is 11.8 Å². The molecule has 33 heavy (non-hydrogen) atoms. The van der Waals surface area contributed by atoms with E-state index in [4.69, 9.17) is 9.97 Å². The lowest BCUT2D eigenvalue weighted by Crippen LogP contribution is -2.40. The van der Waals surface area contributed by atoms with Crippen LogP contribution in [0.5, 0.6) is 0 Å². The molecule has 5 rings (SSSR count). The molecule has 3 aromatic rings. The Kier molecular flexibility index (Phi) is 6.11. The molecule has 0 aliphatic carbocycles. The predicted octanol–water partition coefficient (Wildman–Crippen LogP) is 3.83. The second-order valence-corrected chi connectivity index (χ2v) is 9.29. The molecule has 1 atom stereocenters. The molecule has 0 unspecified atom stereocenters. The van der Waals surface area contributed by atoms with Gasteiger partial charge >= 0.3 is 0 Å². The van der Waals surface area contributed by atoms with E-state index in [1.165, 1.54) is 11.1 Å². The maximum atomic E-state index is 13.0. The van der Waals surface area contributed by atoms with E-state index in [9.17, 15) is 4.79 Å². The van der Waals surface area contributed by atoms with Crippen LogP contribution >= 0.6 is 0 Å². The van der Waals surface area contributed by atoms with Crippen LogP contribution in [0.3, 0.4) is 0 Å². The fourth-order valence-electron chi connectivity index (χ4n) is 5.13. The van der Waals surface area contributed by atoms with Gasteiger partial charge in [-0.2, -0.15) is 5.10 Å². The molecule has 0 saturated carbocycles. The number of benzene rings is 1. The van der Waals surface area contributed by atoms with Crippen LogP contribution in [0.2, 0.25) is 0 Å². The van der Waals surface area contributed by atoms with Crippen LogP contribution in [0.15, 0.2) is 36.5 Å². The molecule has 7 nitrogen and oxygen atoms in total. The van der Waals surface area contributed by atoms with Gasteiger partial charge < -0.3 is 9.80 Å². The summed E-state index contributed by atoms with van der Waals surface area (Å²) in [4.78, 5) is 27.5. The van der Waals surface area contributed by atoms with Crippen molar-refractivity contribution >= 4 is 11.7 Å². The summed E-state index contributed by atoms with van der Waals surface area (Å²) < 4.78 is 0. The first-order valence-corrected chi connectivity index (χ1v) is 12.1. The van der Waals surface area contributed by atoms with Crippen LogP contribution in [-0.4, -0.2) is 57.2 Å². The lowest BCUT2D eigenvalue weighted by Gasteiger charge is -2.34. The monoisotopic (exact) mass is 444 g/mol. The lowest BCUT2D eigenvalue weighted by atomic mass is 9.95. The Morgan fingerprint density at radius 2 is 1.97 bits per heavy atom. The molecule has 1 fully saturated rings. The van der Waals surface area contributed by atoms with Crippen LogP contribution in [0, 0.1) is 13.8 Å². The van der Waals surface area contributed by atoms with E-state index in [0.717, 1.165) is 74.8 Å². The topological polar surface area (TPSA) is 78.0 Å². The van der Waals surface area contributed by atoms with Gasteiger partial charge in [-0.15, -0.1) is 0 Å². The van der Waals surface area contributed by atoms with Crippen LogP contribution in [0.25, 0.3) is 0 Å². The zero-order valence-corrected chi connectivity index (χ0v) is 19.5. The van der Waals surface area contributed by atoms with Crippen molar-refractivity contribution in [2.75, 3.05) is 31.1 Å². The summed E-state index contributed by atoms with van der Waals surface area (Å²) in [6.45, 7) is 7.43. The fraction of sp³-hybridized carbons (Fsp3) is 0.462. The number of aromatic nitrogens is 4. The molecule has 0 bridgehead atoms. The lowest BCUT2D eigenvalue weighted by molar-refractivity contribution is 0.0704. The van der Waals surface area contributed by atoms with Gasteiger partial charge in [0.2, 0.25) is 0 Å². The standard InChI is InChI=1S/C26H32N6O/c1-18-22-11-7-13-31(15-12-20-8-4-3-5-9-20)25(22)29-24(28-18)21-10-6-14-32(17-21)26(33)23-16-27-30-19(23)2/h3-5,8-9,16,21H,6-7,10-15,17H2,1-2H3,(H,27,30)/t21-/m1/s1. The van der Waals surface area contributed by atoms with Crippen LogP contribution < -0.4 is 4.90 Å². The van der Waals surface area contributed by atoms with Crippen molar-refractivity contribution in [2.45, 2.75) is 51.9 Å². The van der Waals surface area contributed by atoms with E-state index >= 15 is 0 Å². The molecule has 1 saturated heterocycles. The van der Waals surface area contributed by atoms with E-state index < -0.39 is 0 Å². The molecule has 4 heterocycles. The first kappa shape index (κ1) is 21.6. The van der Waals surface area contributed by atoms with Gasteiger partial charge in [-0.25, -0.2) is 9.97 Å². The highest BCUT2D eigenvalue weighted by atomic mass is 16.2. The zero-order chi connectivity index (χ0) is 22.8. The Morgan fingerprint density at radius 3 is 2.76 bits per heavy atom. The molecular formula is C26H32N6O. The average Bonchev–Trinajstić information content (AvgIpc) is 3.28. The molecule has 7 heteroatoms. The van der Waals surface area contributed by atoms with Crippen molar-refractivity contribution in [2.24, 2.45) is 0 Å². The Bertz CT molecular complexity index is 1130. The van der Waals surface area contributed by atoms with Crippen LogP contribution in [-0.2, 0) is 12.8 Å². The third kappa shape index (κ3) is 4.49. The highest BCUT2D eigenvalue weighted by molar-refractivity contribution is 5.95. The number of anilines is 1. The minimum atomic E-state index is 0.0464. The van der Waals surface area contributed by atoms with Gasteiger partial charge in [-0.3, -0.25) is 9.89 Å². The smallest absolute Gasteiger partial charge is 0.257 e. The molecule has 0 spiro atoms. The highest BCUT2D eigenvalue weighted by Crippen LogP contribution is 2.32. The Morgan fingerprint density at radius 1 is 1.12 bits per heavy atom. The van der Waals surface area contributed by atoms with Crippen molar-refractivity contribution in [1.29, 1.82) is 0 Å². The summed E-state index contributed by atoms with van der Waals surface area (Å²) in [5.41, 5.74) is 5.21. The van der Waals surface area contributed by atoms with E-state index in [0.29, 0.717) is 12.1 Å². The number of likely N-dealkylation sites (tertiary alicyclic amines) is 1. The number of H-pyrrole nitrogens is 1. The molecular weight excluding hydrogens is 412 g/mol. The number of hydrogen-bond donors (Lipinski definition) is 1. The first-order valence-electron chi connectivity index (χ1n) is 12.1. The third-order valence-corrected chi connectivity index (χ3v) is 7.01. The zero-order valence-electron chi connectivity index (χ0n) is 19.5. The number of carbonyl (C=O) groups is 1. The first-order chi connectivity index (χ1) is 16.1. The van der Waals surface area contributed by atoms with Crippen LogP contribution in [0.1, 0.15) is 63.9 Å². The second kappa shape index (κ2) is 9.33. The third-order valence-electron chi connectivity index (χ3n) is 7.01. The molecule has 1 aromatic carbocycles. The summed E-state index contributed by atoms with van der Waals surface area (Å²) in [6.07, 6.45) is 6.79. The predicted molar refractivity (Wildman–Crippen MR) is 129 cm³/mol. The largest absolute Gasteiger partial charge is 0.356 e. The van der Waals surface area contributed by atoms with Crippen molar-refractivity contribution in [3.63, 3.8) is 0 Å². The van der Waals surface area contributed by atoms with Gasteiger partial charge in [0, 0.05) is 49.0 Å². The number of hydrogen-bond acceptors (Lipinski definition) is 5. The van der Waals surface area contributed by atoms with Crippen molar-refractivity contribution in [1.82, 2.24) is 25.1 Å². The number of fused-ring (bicyclic) bond motifs is 1. The van der Waals surface area contributed by atoms with Crippen LogP contribution in [0.4, 0.5) is 5.82 Å². The number of carbonyl (C=O) groups excluding carboxylic acids is 1. The minimum absolute atomic E-state index is 0.0464. The maximum Gasteiger partial charge on any atom is 0.257 e. The summed E-state index contributed by atoms with van der Waals surface area (Å²) in [5.74, 6) is 2.20. The number of nitrogens with one attached hydrogen (secondary N) is 1. The van der Waals surface area contributed by atoms with E-state index in [2.05, 4.69) is 52.4 Å². The molecule has 1 amide bonds. The summed E-state index contributed by atoms with van der Waals surface area (Å²) >= 11 is 0. The fourth-order valence-corrected chi connectivity index (χ4v) is 5.13. The number of nitrogens with zero attached hydrogens (tertiary/aromatic N) is 5. The number of aryl methyl sites for hydroxylation is 2. The normalized spacial score (nSPS) is 18.3. The van der Waals surface area contributed by atoms with Gasteiger partial charge in [-0.05, 0) is 51.5 Å². The number of rotatable bonds is 5. The average molecular weight is 445 g/mol. The van der Waals surface area contributed by atoms with E-state index in [1.54, 1.807) is 6.20 Å². The van der Waals surface area contributed by atoms with Gasteiger partial charge in [0.05, 0.1) is 11.8 Å². The Labute approximate surface area is 195 Å². The van der Waals surface area contributed by atoms with Gasteiger partial charge in [0.25, 0.3) is 5.91 Å². The second-order valence-electron chi connectivity index (χ2n) is 9.29. The number of amides is 1. The molecule has 1 N–H and O–H groups in total. The summed E-state index contributed by atoms with van der Waals surface area (Å²) in [6, 6.07) is 10.7. The van der Waals surface area contributed by atoms with Crippen molar-refractivity contribution in [3.8, 4) is 0 Å². The molecule has 2 aliphatic heterocycles. The number of piperidine rings is 1. The number of aromatic amines is 1. The summed E-state index contributed by atoms with van der Waals surface area (Å²) in [7, 11) is 0. The van der Waals surface area contributed by atoms with Gasteiger partial charge in [-0.1, -0.05) is 30.3 Å². The van der Waals surface area contributed by atoms with Gasteiger partial charge in [0.15, 0.2) is 0 Å². The van der Waals surface area contributed by atoms with Gasteiger partial charge in [0.1, 0.15) is 11.6 Å². The molecule has 0 radical (unpaired) electrons. The van der Waals surface area contributed by atoms with Crippen molar-refractivity contribution in [3.05, 3.63) is 70.4 Å².